The molecule has 2 aromatic carbocycles. The van der Waals surface area contributed by atoms with Gasteiger partial charge in [0, 0.05) is 13.0 Å². The topological polar surface area (TPSA) is 72.5 Å². The van der Waals surface area contributed by atoms with Crippen molar-refractivity contribution in [2.24, 2.45) is 0 Å². The second-order valence-electron chi connectivity index (χ2n) is 8.01. The number of nitrogens with one attached hydrogen (secondary N) is 2. The van der Waals surface area contributed by atoms with Gasteiger partial charge in [0.15, 0.2) is 0 Å². The zero-order chi connectivity index (χ0) is 22.2. The normalized spacial score (nSPS) is 16.5. The molecule has 1 saturated heterocycles. The highest BCUT2D eigenvalue weighted by Crippen LogP contribution is 2.19. The highest BCUT2D eigenvalue weighted by Gasteiger charge is 2.21. The molecule has 2 N–H and O–H groups in total. The lowest BCUT2D eigenvalue weighted by Crippen LogP contribution is -2.34. The van der Waals surface area contributed by atoms with E-state index in [2.05, 4.69) is 46.8 Å². The SMILES string of the molecule is Cc1ccc(CCN[C@H](C(=O)Nc2ccc(OC3CCOC3)cn2)c2ccccc2)cc1. The van der Waals surface area contributed by atoms with Crippen LogP contribution in [-0.2, 0) is 16.0 Å². The molecule has 0 spiro atoms. The number of carbonyl (C=O) groups is 1. The standard InChI is InChI=1S/C26H29N3O3/c1-19-7-9-20(10-8-19)13-15-27-25(21-5-3-2-4-6-21)26(30)29-24-12-11-22(17-28-24)32-23-14-16-31-18-23/h2-12,17,23,25,27H,13-16,18H2,1H3,(H,28,29,30)/t23?,25-/m0/s1. The van der Waals surface area contributed by atoms with Gasteiger partial charge in [0.05, 0.1) is 19.4 Å². The van der Waals surface area contributed by atoms with E-state index < -0.39 is 6.04 Å². The maximum atomic E-state index is 13.1. The Hall–Kier alpha value is -3.22. The largest absolute Gasteiger partial charge is 0.486 e. The van der Waals surface area contributed by atoms with Crippen LogP contribution in [0.4, 0.5) is 5.82 Å². The number of hydrogen-bond acceptors (Lipinski definition) is 5. The van der Waals surface area contributed by atoms with E-state index >= 15 is 0 Å². The molecule has 4 rings (SSSR count). The molecule has 6 heteroatoms. The Morgan fingerprint density at radius 1 is 1.12 bits per heavy atom. The minimum atomic E-state index is -0.477. The summed E-state index contributed by atoms with van der Waals surface area (Å²) in [4.78, 5) is 17.4. The molecular formula is C26H29N3O3. The number of anilines is 1. The van der Waals surface area contributed by atoms with Crippen LogP contribution >= 0.6 is 0 Å². The van der Waals surface area contributed by atoms with Crippen molar-refractivity contribution in [3.8, 4) is 5.75 Å². The molecule has 0 aliphatic carbocycles. The molecule has 6 nitrogen and oxygen atoms in total. The fourth-order valence-corrected chi connectivity index (χ4v) is 3.64. The number of aryl methyl sites for hydroxylation is 1. The summed E-state index contributed by atoms with van der Waals surface area (Å²) in [5.41, 5.74) is 3.39. The predicted octanol–water partition coefficient (Wildman–Crippen LogP) is 4.07. The van der Waals surface area contributed by atoms with Gasteiger partial charge in [-0.2, -0.15) is 0 Å². The molecule has 1 unspecified atom stereocenters. The average Bonchev–Trinajstić information content (AvgIpc) is 3.33. The molecule has 1 fully saturated rings. The average molecular weight is 432 g/mol. The van der Waals surface area contributed by atoms with Gasteiger partial charge in [-0.1, -0.05) is 60.2 Å². The van der Waals surface area contributed by atoms with Gasteiger partial charge in [-0.25, -0.2) is 4.98 Å². The van der Waals surface area contributed by atoms with Crippen LogP contribution in [-0.4, -0.2) is 36.8 Å². The number of benzene rings is 2. The van der Waals surface area contributed by atoms with E-state index in [-0.39, 0.29) is 12.0 Å². The van der Waals surface area contributed by atoms with Gasteiger partial charge in [0.2, 0.25) is 5.91 Å². The van der Waals surface area contributed by atoms with Crippen LogP contribution in [0.1, 0.15) is 29.2 Å². The molecule has 1 aliphatic rings. The number of amides is 1. The first-order valence-corrected chi connectivity index (χ1v) is 11.0. The van der Waals surface area contributed by atoms with Gasteiger partial charge in [-0.15, -0.1) is 0 Å². The second-order valence-corrected chi connectivity index (χ2v) is 8.01. The van der Waals surface area contributed by atoms with Crippen molar-refractivity contribution in [2.75, 3.05) is 25.1 Å². The Kier molecular flexibility index (Phi) is 7.48. The summed E-state index contributed by atoms with van der Waals surface area (Å²) < 4.78 is 11.2. The predicted molar refractivity (Wildman–Crippen MR) is 125 cm³/mol. The number of aromatic nitrogens is 1. The number of ether oxygens (including phenoxy) is 2. The Balaban J connectivity index is 1.37. The van der Waals surface area contributed by atoms with E-state index in [0.29, 0.717) is 24.7 Å². The van der Waals surface area contributed by atoms with Crippen LogP contribution in [0, 0.1) is 6.92 Å². The lowest BCUT2D eigenvalue weighted by Gasteiger charge is -2.19. The highest BCUT2D eigenvalue weighted by atomic mass is 16.5. The molecular weight excluding hydrogens is 402 g/mol. The van der Waals surface area contributed by atoms with Gasteiger partial charge in [-0.05, 0) is 36.6 Å². The van der Waals surface area contributed by atoms with Crippen LogP contribution in [0.5, 0.6) is 5.75 Å². The van der Waals surface area contributed by atoms with E-state index in [1.165, 1.54) is 11.1 Å². The van der Waals surface area contributed by atoms with Crippen molar-refractivity contribution in [3.05, 3.63) is 89.6 Å². The van der Waals surface area contributed by atoms with Crippen LogP contribution in [0.15, 0.2) is 72.9 Å². The van der Waals surface area contributed by atoms with E-state index in [1.807, 2.05) is 36.4 Å². The van der Waals surface area contributed by atoms with Gasteiger partial charge >= 0.3 is 0 Å². The van der Waals surface area contributed by atoms with Gasteiger partial charge in [0.25, 0.3) is 0 Å². The molecule has 3 aromatic rings. The molecule has 32 heavy (non-hydrogen) atoms. The van der Waals surface area contributed by atoms with E-state index in [0.717, 1.165) is 25.0 Å². The van der Waals surface area contributed by atoms with Crippen molar-refractivity contribution in [1.29, 1.82) is 0 Å². The highest BCUT2D eigenvalue weighted by molar-refractivity contribution is 5.94. The zero-order valence-electron chi connectivity index (χ0n) is 18.3. The first-order valence-electron chi connectivity index (χ1n) is 11.0. The van der Waals surface area contributed by atoms with Gasteiger partial charge < -0.3 is 20.1 Å². The minimum absolute atomic E-state index is 0.0671. The smallest absolute Gasteiger partial charge is 0.247 e. The zero-order valence-corrected chi connectivity index (χ0v) is 18.3. The van der Waals surface area contributed by atoms with E-state index in [9.17, 15) is 4.79 Å². The lowest BCUT2D eigenvalue weighted by atomic mass is 10.1. The fraction of sp³-hybridized carbons (Fsp3) is 0.308. The number of pyridine rings is 1. The summed E-state index contributed by atoms with van der Waals surface area (Å²) in [6.45, 7) is 4.09. The number of hydrogen-bond donors (Lipinski definition) is 2. The first-order chi connectivity index (χ1) is 15.7. The quantitative estimate of drug-likeness (QED) is 0.534. The molecule has 0 bridgehead atoms. The summed E-state index contributed by atoms with van der Waals surface area (Å²) >= 11 is 0. The molecule has 0 radical (unpaired) electrons. The summed E-state index contributed by atoms with van der Waals surface area (Å²) in [6.07, 6.45) is 3.42. The number of carbonyl (C=O) groups excluding carboxylic acids is 1. The number of nitrogens with zero attached hydrogens (tertiary/aromatic N) is 1. The minimum Gasteiger partial charge on any atom is -0.486 e. The van der Waals surface area contributed by atoms with Crippen molar-refractivity contribution < 1.29 is 14.3 Å². The lowest BCUT2D eigenvalue weighted by molar-refractivity contribution is -0.118. The Morgan fingerprint density at radius 3 is 2.62 bits per heavy atom. The molecule has 1 aliphatic heterocycles. The van der Waals surface area contributed by atoms with E-state index in [1.54, 1.807) is 12.3 Å². The Labute approximate surface area is 189 Å². The molecule has 1 amide bonds. The van der Waals surface area contributed by atoms with Crippen molar-refractivity contribution in [3.63, 3.8) is 0 Å². The third-order valence-electron chi connectivity index (χ3n) is 5.46. The summed E-state index contributed by atoms with van der Waals surface area (Å²) in [5, 5.41) is 6.33. The number of rotatable bonds is 9. The monoisotopic (exact) mass is 431 g/mol. The summed E-state index contributed by atoms with van der Waals surface area (Å²) in [5.74, 6) is 1.02. The molecule has 2 atom stereocenters. The molecule has 0 saturated carbocycles. The van der Waals surface area contributed by atoms with Gasteiger partial charge in [-0.3, -0.25) is 4.79 Å². The Morgan fingerprint density at radius 2 is 1.94 bits per heavy atom. The maximum absolute atomic E-state index is 13.1. The van der Waals surface area contributed by atoms with Gasteiger partial charge in [0.1, 0.15) is 23.7 Å². The third-order valence-corrected chi connectivity index (χ3v) is 5.46. The first kappa shape index (κ1) is 22.0. The third kappa shape index (κ3) is 6.15. The molecule has 1 aromatic heterocycles. The van der Waals surface area contributed by atoms with Crippen LogP contribution in [0.2, 0.25) is 0 Å². The maximum Gasteiger partial charge on any atom is 0.247 e. The van der Waals surface area contributed by atoms with Crippen LogP contribution in [0.3, 0.4) is 0 Å². The van der Waals surface area contributed by atoms with Crippen LogP contribution in [0.25, 0.3) is 0 Å². The van der Waals surface area contributed by atoms with Crippen LogP contribution < -0.4 is 15.4 Å². The van der Waals surface area contributed by atoms with E-state index in [4.69, 9.17) is 9.47 Å². The van der Waals surface area contributed by atoms with Crippen molar-refractivity contribution in [1.82, 2.24) is 10.3 Å². The second kappa shape index (κ2) is 10.9. The molecule has 2 heterocycles. The molecule has 166 valence electrons. The Bertz CT molecular complexity index is 985. The van der Waals surface area contributed by atoms with Crippen molar-refractivity contribution >= 4 is 11.7 Å². The summed E-state index contributed by atoms with van der Waals surface area (Å²) in [6, 6.07) is 21.3. The fourth-order valence-electron chi connectivity index (χ4n) is 3.64. The summed E-state index contributed by atoms with van der Waals surface area (Å²) in [7, 11) is 0. The van der Waals surface area contributed by atoms with Crippen molar-refractivity contribution in [2.45, 2.75) is 31.9 Å².